The van der Waals surface area contributed by atoms with Gasteiger partial charge in [0.2, 0.25) is 5.91 Å². The van der Waals surface area contributed by atoms with Crippen LogP contribution < -0.4 is 5.32 Å². The maximum atomic E-state index is 12.7. The van der Waals surface area contributed by atoms with E-state index < -0.39 is 0 Å². The van der Waals surface area contributed by atoms with Crippen LogP contribution in [0.5, 0.6) is 0 Å². The number of amides is 2. The van der Waals surface area contributed by atoms with Gasteiger partial charge in [-0.05, 0) is 62.9 Å². The van der Waals surface area contributed by atoms with Gasteiger partial charge in [0.05, 0.1) is 11.6 Å². The molecule has 1 aliphatic heterocycles. The van der Waals surface area contributed by atoms with E-state index in [-0.39, 0.29) is 23.7 Å². The lowest BCUT2D eigenvalue weighted by Gasteiger charge is -2.32. The van der Waals surface area contributed by atoms with Crippen LogP contribution in [0, 0.1) is 25.7 Å². The number of aryl methyl sites for hydroxylation is 2. The minimum Gasteiger partial charge on any atom is -0.355 e. The molecule has 1 saturated heterocycles. The molecule has 2 heterocycles. The molecule has 1 N–H and O–H groups in total. The van der Waals surface area contributed by atoms with Gasteiger partial charge in [-0.1, -0.05) is 18.5 Å². The summed E-state index contributed by atoms with van der Waals surface area (Å²) in [7, 11) is 0. The number of carbonyl (C=O) groups excluding carboxylic acids is 2. The molecule has 1 aromatic carbocycles. The van der Waals surface area contributed by atoms with Gasteiger partial charge in [0, 0.05) is 42.5 Å². The lowest BCUT2D eigenvalue weighted by atomic mass is 9.96. The first kappa shape index (κ1) is 21.4. The molecular weight excluding hydrogens is 388 g/mol. The monoisotopic (exact) mass is 416 g/mol. The lowest BCUT2D eigenvalue weighted by molar-refractivity contribution is -0.126. The number of aromatic nitrogens is 2. The molecule has 1 aromatic heterocycles. The van der Waals surface area contributed by atoms with Crippen LogP contribution in [0.2, 0.25) is 5.02 Å². The van der Waals surface area contributed by atoms with E-state index in [1.165, 1.54) is 0 Å². The van der Waals surface area contributed by atoms with Crippen LogP contribution >= 0.6 is 11.6 Å². The van der Waals surface area contributed by atoms with Crippen molar-refractivity contribution in [2.24, 2.45) is 11.8 Å². The second-order valence-electron chi connectivity index (χ2n) is 8.06. The Bertz CT molecular complexity index is 862. The van der Waals surface area contributed by atoms with Crippen molar-refractivity contribution in [3.8, 4) is 0 Å². The number of halogens is 1. The Balaban J connectivity index is 1.50. The van der Waals surface area contributed by atoms with Crippen molar-refractivity contribution in [3.05, 3.63) is 52.3 Å². The molecule has 0 radical (unpaired) electrons. The Kier molecular flexibility index (Phi) is 6.96. The number of likely N-dealkylation sites (tertiary alicyclic amines) is 1. The Labute approximate surface area is 177 Å². The summed E-state index contributed by atoms with van der Waals surface area (Å²) in [5.74, 6) is 0.0871. The van der Waals surface area contributed by atoms with Gasteiger partial charge < -0.3 is 10.2 Å². The molecule has 156 valence electrons. The van der Waals surface area contributed by atoms with E-state index in [2.05, 4.69) is 23.4 Å². The predicted octanol–water partition coefficient (Wildman–Crippen LogP) is 3.46. The molecule has 29 heavy (non-hydrogen) atoms. The van der Waals surface area contributed by atoms with Gasteiger partial charge >= 0.3 is 0 Å². The summed E-state index contributed by atoms with van der Waals surface area (Å²) >= 11 is 5.90. The number of hydrogen-bond donors (Lipinski definition) is 1. The number of carbonyl (C=O) groups is 2. The minimum absolute atomic E-state index is 0.0267. The summed E-state index contributed by atoms with van der Waals surface area (Å²) in [6, 6.07) is 8.95. The van der Waals surface area contributed by atoms with Gasteiger partial charge in [0.25, 0.3) is 5.91 Å². The average Bonchev–Trinajstić information content (AvgIpc) is 3.03. The topological polar surface area (TPSA) is 67.2 Å². The normalized spacial score (nSPS) is 17.8. The van der Waals surface area contributed by atoms with Crippen molar-refractivity contribution in [2.45, 2.75) is 40.2 Å². The third kappa shape index (κ3) is 5.60. The highest BCUT2D eigenvalue weighted by molar-refractivity contribution is 6.30. The quantitative estimate of drug-likeness (QED) is 0.784. The summed E-state index contributed by atoms with van der Waals surface area (Å²) in [6.07, 6.45) is 1.64. The molecule has 0 bridgehead atoms. The second-order valence-corrected chi connectivity index (χ2v) is 8.49. The van der Waals surface area contributed by atoms with E-state index in [1.807, 2.05) is 18.5 Å². The largest absolute Gasteiger partial charge is 0.355 e. The zero-order valence-corrected chi connectivity index (χ0v) is 18.1. The predicted molar refractivity (Wildman–Crippen MR) is 114 cm³/mol. The number of benzene rings is 1. The smallest absolute Gasteiger partial charge is 0.253 e. The first-order valence-corrected chi connectivity index (χ1v) is 10.5. The first-order valence-electron chi connectivity index (χ1n) is 10.2. The molecule has 7 heteroatoms. The average molecular weight is 417 g/mol. The molecule has 2 unspecified atom stereocenters. The fraction of sp³-hybridized carbons (Fsp3) is 0.500. The molecule has 6 nitrogen and oxygen atoms in total. The van der Waals surface area contributed by atoms with E-state index in [0.717, 1.165) is 30.8 Å². The van der Waals surface area contributed by atoms with Crippen molar-refractivity contribution in [2.75, 3.05) is 19.6 Å². The maximum absolute atomic E-state index is 12.7. The summed E-state index contributed by atoms with van der Waals surface area (Å²) < 4.78 is 1.99. The van der Waals surface area contributed by atoms with E-state index in [9.17, 15) is 9.59 Å². The first-order chi connectivity index (χ1) is 13.8. The highest BCUT2D eigenvalue weighted by atomic mass is 35.5. The van der Waals surface area contributed by atoms with Gasteiger partial charge in [0.15, 0.2) is 0 Å². The molecular formula is C22H29ClN4O2. The maximum Gasteiger partial charge on any atom is 0.253 e. The summed E-state index contributed by atoms with van der Waals surface area (Å²) in [6.45, 7) is 8.63. The van der Waals surface area contributed by atoms with E-state index in [0.29, 0.717) is 30.2 Å². The van der Waals surface area contributed by atoms with Gasteiger partial charge in [-0.3, -0.25) is 14.3 Å². The number of nitrogens with zero attached hydrogens (tertiary/aromatic N) is 3. The number of piperidine rings is 1. The van der Waals surface area contributed by atoms with E-state index >= 15 is 0 Å². The van der Waals surface area contributed by atoms with Crippen LogP contribution in [0.25, 0.3) is 0 Å². The Hall–Kier alpha value is -2.34. The Morgan fingerprint density at radius 1 is 1.28 bits per heavy atom. The molecule has 2 atom stereocenters. The zero-order chi connectivity index (χ0) is 21.0. The van der Waals surface area contributed by atoms with Gasteiger partial charge in [-0.25, -0.2) is 0 Å². The van der Waals surface area contributed by atoms with Crippen LogP contribution in [0.4, 0.5) is 0 Å². The van der Waals surface area contributed by atoms with E-state index in [4.69, 9.17) is 11.6 Å². The molecule has 0 aliphatic carbocycles. The SMILES string of the molecule is Cc1cc(C)n(CC(C)CNC(=O)C2CCCN(C(=O)c3ccc(Cl)cc3)C2)n1. The molecule has 1 aliphatic rings. The van der Waals surface area contributed by atoms with Crippen molar-refractivity contribution >= 4 is 23.4 Å². The number of rotatable bonds is 6. The third-order valence-corrected chi connectivity index (χ3v) is 5.64. The van der Waals surface area contributed by atoms with Crippen LogP contribution in [0.3, 0.4) is 0 Å². The van der Waals surface area contributed by atoms with Crippen molar-refractivity contribution in [3.63, 3.8) is 0 Å². The summed E-state index contributed by atoms with van der Waals surface area (Å²) in [5, 5.41) is 8.16. The molecule has 1 fully saturated rings. The highest BCUT2D eigenvalue weighted by Crippen LogP contribution is 2.20. The molecule has 2 amide bonds. The van der Waals surface area contributed by atoms with Crippen LogP contribution in [0.15, 0.2) is 30.3 Å². The molecule has 0 saturated carbocycles. The fourth-order valence-electron chi connectivity index (χ4n) is 3.79. The fourth-order valence-corrected chi connectivity index (χ4v) is 3.92. The summed E-state index contributed by atoms with van der Waals surface area (Å²) in [4.78, 5) is 27.2. The van der Waals surface area contributed by atoms with Crippen molar-refractivity contribution < 1.29 is 9.59 Å². The van der Waals surface area contributed by atoms with E-state index in [1.54, 1.807) is 29.2 Å². The summed E-state index contributed by atoms with van der Waals surface area (Å²) in [5.41, 5.74) is 2.74. The Morgan fingerprint density at radius 3 is 2.66 bits per heavy atom. The number of nitrogens with one attached hydrogen (secondary N) is 1. The zero-order valence-electron chi connectivity index (χ0n) is 17.3. The molecule has 3 rings (SSSR count). The third-order valence-electron chi connectivity index (χ3n) is 5.38. The van der Waals surface area contributed by atoms with Crippen LogP contribution in [-0.4, -0.2) is 46.1 Å². The molecule has 2 aromatic rings. The number of hydrogen-bond acceptors (Lipinski definition) is 3. The van der Waals surface area contributed by atoms with Crippen molar-refractivity contribution in [1.82, 2.24) is 20.0 Å². The van der Waals surface area contributed by atoms with Crippen LogP contribution in [-0.2, 0) is 11.3 Å². The highest BCUT2D eigenvalue weighted by Gasteiger charge is 2.29. The Morgan fingerprint density at radius 2 is 2.00 bits per heavy atom. The van der Waals surface area contributed by atoms with Gasteiger partial charge in [-0.2, -0.15) is 5.10 Å². The lowest BCUT2D eigenvalue weighted by Crippen LogP contribution is -2.46. The van der Waals surface area contributed by atoms with Gasteiger partial charge in [-0.15, -0.1) is 0 Å². The van der Waals surface area contributed by atoms with Crippen LogP contribution in [0.1, 0.15) is 41.5 Å². The minimum atomic E-state index is -0.166. The second kappa shape index (κ2) is 9.44. The standard InChI is InChI=1S/C22H29ClN4O2/c1-15(13-27-17(3)11-16(2)25-27)12-24-21(28)19-5-4-10-26(14-19)22(29)18-6-8-20(23)9-7-18/h6-9,11,15,19H,4-5,10,12-14H2,1-3H3,(H,24,28). The van der Waals surface area contributed by atoms with Gasteiger partial charge in [0.1, 0.15) is 0 Å². The van der Waals surface area contributed by atoms with Crippen molar-refractivity contribution in [1.29, 1.82) is 0 Å². The molecule has 0 spiro atoms.